The first-order chi connectivity index (χ1) is 12.3. The van der Waals surface area contributed by atoms with E-state index in [1.807, 2.05) is 24.3 Å². The summed E-state index contributed by atoms with van der Waals surface area (Å²) in [6.07, 6.45) is 4.19. The van der Waals surface area contributed by atoms with Crippen LogP contribution in [-0.2, 0) is 0 Å². The lowest BCUT2D eigenvalue weighted by molar-refractivity contribution is -0.913. The number of benzene rings is 2. The Kier molecular flexibility index (Phi) is 4.28. The minimum Gasteiger partial charge on any atom is -0.505 e. The molecule has 0 amide bonds. The van der Waals surface area contributed by atoms with E-state index in [2.05, 4.69) is 29.2 Å². The van der Waals surface area contributed by atoms with Gasteiger partial charge in [0.1, 0.15) is 17.3 Å². The first-order valence-corrected chi connectivity index (χ1v) is 8.83. The molecule has 2 aromatic carbocycles. The predicted octanol–water partition coefficient (Wildman–Crippen LogP) is 2.72. The Balaban J connectivity index is 1.84. The highest BCUT2D eigenvalue weighted by Crippen LogP contribution is 2.33. The number of phenols is 1. The third kappa shape index (κ3) is 2.94. The van der Waals surface area contributed by atoms with Crippen molar-refractivity contribution in [3.05, 3.63) is 65.9 Å². The van der Waals surface area contributed by atoms with Crippen molar-refractivity contribution in [2.45, 2.75) is 18.9 Å². The minimum absolute atomic E-state index is 0.111. The van der Waals surface area contributed by atoms with Crippen LogP contribution in [0.1, 0.15) is 30.0 Å². The summed E-state index contributed by atoms with van der Waals surface area (Å²) >= 11 is 0. The number of nitrogens with zero attached hydrogens (tertiary/aromatic N) is 1. The zero-order valence-corrected chi connectivity index (χ0v) is 14.4. The molecule has 25 heavy (non-hydrogen) atoms. The maximum absolute atomic E-state index is 10.9. The lowest BCUT2D eigenvalue weighted by Gasteiger charge is -2.26. The van der Waals surface area contributed by atoms with Gasteiger partial charge in [0, 0.05) is 30.0 Å². The van der Waals surface area contributed by atoms with E-state index < -0.39 is 0 Å². The van der Waals surface area contributed by atoms with Crippen molar-refractivity contribution >= 4 is 10.9 Å². The standard InChI is InChI=1S/C21H22N2O2/c1-25-17-9-6-16(7-10-17)20(23-13-2-3-14-23)18-11-8-15-5-4-12-22-19(15)21(18)24/h4-12,20,24H,2-3,13-14H2,1H3/p+1/t20-/m1/s1. The van der Waals surface area contributed by atoms with Crippen molar-refractivity contribution in [1.82, 2.24) is 4.98 Å². The van der Waals surface area contributed by atoms with E-state index in [9.17, 15) is 5.11 Å². The van der Waals surface area contributed by atoms with Gasteiger partial charge in [0.25, 0.3) is 0 Å². The Bertz CT molecular complexity index is 871. The molecule has 4 nitrogen and oxygen atoms in total. The number of nitrogens with one attached hydrogen (secondary N) is 1. The van der Waals surface area contributed by atoms with E-state index in [4.69, 9.17) is 4.74 Å². The molecule has 4 heteroatoms. The summed E-state index contributed by atoms with van der Waals surface area (Å²) in [6.45, 7) is 2.24. The maximum atomic E-state index is 10.9. The average Bonchev–Trinajstić information content (AvgIpc) is 3.19. The summed E-state index contributed by atoms with van der Waals surface area (Å²) in [6, 6.07) is 16.3. The maximum Gasteiger partial charge on any atom is 0.151 e. The topological polar surface area (TPSA) is 46.8 Å². The quantitative estimate of drug-likeness (QED) is 0.771. The van der Waals surface area contributed by atoms with Gasteiger partial charge in [-0.25, -0.2) is 0 Å². The Morgan fingerprint density at radius 3 is 2.52 bits per heavy atom. The average molecular weight is 335 g/mol. The van der Waals surface area contributed by atoms with Crippen LogP contribution in [0.25, 0.3) is 10.9 Å². The molecule has 2 heterocycles. The van der Waals surface area contributed by atoms with E-state index in [0.717, 1.165) is 29.8 Å². The van der Waals surface area contributed by atoms with Crippen LogP contribution in [0.2, 0.25) is 0 Å². The Hall–Kier alpha value is -2.59. The van der Waals surface area contributed by atoms with E-state index >= 15 is 0 Å². The molecule has 1 atom stereocenters. The molecule has 0 radical (unpaired) electrons. The molecule has 0 unspecified atom stereocenters. The van der Waals surface area contributed by atoms with Gasteiger partial charge in [0.2, 0.25) is 0 Å². The van der Waals surface area contributed by atoms with E-state index in [1.165, 1.54) is 23.3 Å². The molecule has 128 valence electrons. The van der Waals surface area contributed by atoms with Gasteiger partial charge in [-0.05, 0) is 36.4 Å². The van der Waals surface area contributed by atoms with Crippen LogP contribution in [0.15, 0.2) is 54.7 Å². The second-order valence-corrected chi connectivity index (χ2v) is 6.65. The van der Waals surface area contributed by atoms with Crippen LogP contribution in [0, 0.1) is 0 Å². The summed E-state index contributed by atoms with van der Waals surface area (Å²) in [5.41, 5.74) is 2.83. The predicted molar refractivity (Wildman–Crippen MR) is 98.2 cm³/mol. The van der Waals surface area contributed by atoms with Crippen molar-refractivity contribution < 1.29 is 14.7 Å². The Morgan fingerprint density at radius 1 is 1.04 bits per heavy atom. The van der Waals surface area contributed by atoms with Crippen LogP contribution >= 0.6 is 0 Å². The van der Waals surface area contributed by atoms with Gasteiger partial charge in [-0.3, -0.25) is 4.98 Å². The van der Waals surface area contributed by atoms with Crippen molar-refractivity contribution in [2.24, 2.45) is 0 Å². The molecule has 1 aliphatic heterocycles. The number of likely N-dealkylation sites (tertiary alicyclic amines) is 1. The summed E-state index contributed by atoms with van der Waals surface area (Å²) in [5, 5.41) is 11.9. The third-order valence-electron chi connectivity index (χ3n) is 5.19. The zero-order valence-electron chi connectivity index (χ0n) is 14.4. The number of hydrogen-bond donors (Lipinski definition) is 2. The smallest absolute Gasteiger partial charge is 0.151 e. The van der Waals surface area contributed by atoms with Crippen molar-refractivity contribution in [1.29, 1.82) is 0 Å². The van der Waals surface area contributed by atoms with Crippen LogP contribution in [0.3, 0.4) is 0 Å². The lowest BCUT2D eigenvalue weighted by atomic mass is 9.95. The highest BCUT2D eigenvalue weighted by molar-refractivity contribution is 5.85. The minimum atomic E-state index is 0.111. The Morgan fingerprint density at radius 2 is 1.80 bits per heavy atom. The number of phenolic OH excluding ortho intramolecular Hbond substituents is 1. The number of pyridine rings is 1. The van der Waals surface area contributed by atoms with Gasteiger partial charge in [-0.1, -0.05) is 12.1 Å². The number of fused-ring (bicyclic) bond motifs is 1. The summed E-state index contributed by atoms with van der Waals surface area (Å²) < 4.78 is 5.30. The van der Waals surface area contributed by atoms with Crippen molar-refractivity contribution in [3.8, 4) is 11.5 Å². The zero-order chi connectivity index (χ0) is 17.2. The van der Waals surface area contributed by atoms with E-state index in [0.29, 0.717) is 11.3 Å². The molecular formula is C21H23N2O2+. The molecular weight excluding hydrogens is 312 g/mol. The van der Waals surface area contributed by atoms with Crippen LogP contribution < -0.4 is 9.64 Å². The first-order valence-electron chi connectivity index (χ1n) is 8.83. The molecule has 2 N–H and O–H groups in total. The van der Waals surface area contributed by atoms with Crippen LogP contribution in [-0.4, -0.2) is 30.3 Å². The summed E-state index contributed by atoms with van der Waals surface area (Å²) in [7, 11) is 1.68. The molecule has 1 aromatic heterocycles. The number of methoxy groups -OCH3 is 1. The van der Waals surface area contributed by atoms with Crippen molar-refractivity contribution in [3.63, 3.8) is 0 Å². The fourth-order valence-corrected chi connectivity index (χ4v) is 3.93. The van der Waals surface area contributed by atoms with Gasteiger partial charge in [0.05, 0.1) is 25.8 Å². The van der Waals surface area contributed by atoms with Gasteiger partial charge >= 0.3 is 0 Å². The normalized spacial score (nSPS) is 16.2. The van der Waals surface area contributed by atoms with Crippen LogP contribution in [0.5, 0.6) is 11.5 Å². The molecule has 1 saturated heterocycles. The number of hydrogen-bond acceptors (Lipinski definition) is 3. The molecule has 1 fully saturated rings. The van der Waals surface area contributed by atoms with Crippen molar-refractivity contribution in [2.75, 3.05) is 20.2 Å². The second kappa shape index (κ2) is 6.73. The lowest BCUT2D eigenvalue weighted by Crippen LogP contribution is -3.10. The monoisotopic (exact) mass is 335 g/mol. The number of rotatable bonds is 4. The highest BCUT2D eigenvalue weighted by Gasteiger charge is 2.31. The van der Waals surface area contributed by atoms with E-state index in [-0.39, 0.29) is 6.04 Å². The molecule has 0 aliphatic carbocycles. The number of ether oxygens (including phenoxy) is 1. The second-order valence-electron chi connectivity index (χ2n) is 6.65. The van der Waals surface area contributed by atoms with Gasteiger partial charge < -0.3 is 14.7 Å². The molecule has 0 saturated carbocycles. The number of aromatic nitrogens is 1. The van der Waals surface area contributed by atoms with Crippen LogP contribution in [0.4, 0.5) is 0 Å². The van der Waals surface area contributed by atoms with Gasteiger partial charge in [0.15, 0.2) is 5.75 Å². The fourth-order valence-electron chi connectivity index (χ4n) is 3.93. The molecule has 3 aromatic rings. The molecule has 1 aliphatic rings. The SMILES string of the molecule is COc1ccc([C@H](c2ccc3cccnc3c2O)[NH+]2CCCC2)cc1. The Labute approximate surface area is 147 Å². The van der Waals surface area contributed by atoms with E-state index in [1.54, 1.807) is 13.3 Å². The fraction of sp³-hybridized carbons (Fsp3) is 0.286. The highest BCUT2D eigenvalue weighted by atomic mass is 16.5. The number of quaternary nitrogens is 1. The molecule has 0 bridgehead atoms. The summed E-state index contributed by atoms with van der Waals surface area (Å²) in [5.74, 6) is 1.15. The molecule has 4 rings (SSSR count). The first kappa shape index (κ1) is 15.9. The number of aromatic hydroxyl groups is 1. The summed E-state index contributed by atoms with van der Waals surface area (Å²) in [4.78, 5) is 5.89. The molecule has 0 spiro atoms. The van der Waals surface area contributed by atoms with Gasteiger partial charge in [-0.15, -0.1) is 0 Å². The van der Waals surface area contributed by atoms with Gasteiger partial charge in [-0.2, -0.15) is 0 Å². The largest absolute Gasteiger partial charge is 0.505 e. The third-order valence-corrected chi connectivity index (χ3v) is 5.19.